The highest BCUT2D eigenvalue weighted by Gasteiger charge is 2.39. The molecule has 0 aliphatic rings. The molecule has 0 aromatic heterocycles. The van der Waals surface area contributed by atoms with Crippen LogP contribution in [0.1, 0.15) is 20.3 Å². The van der Waals surface area contributed by atoms with E-state index in [4.69, 9.17) is 30.6 Å². The standard InChI is InChI=1S/C9H20O6.C2H6/c10-2-8(3-11,4-12)1-9(5-13,6-14)7-15;1-2/h10-15H,1-7H2;1-2H3. The third kappa shape index (κ3) is 5.29. The van der Waals surface area contributed by atoms with E-state index in [0.29, 0.717) is 0 Å². The molecule has 6 heteroatoms. The van der Waals surface area contributed by atoms with E-state index in [9.17, 15) is 0 Å². The van der Waals surface area contributed by atoms with Crippen LogP contribution in [0.15, 0.2) is 0 Å². The summed E-state index contributed by atoms with van der Waals surface area (Å²) in [6.07, 6.45) is -0.0625. The second kappa shape index (κ2) is 9.76. The minimum atomic E-state index is -1.20. The summed E-state index contributed by atoms with van der Waals surface area (Å²) in [5.41, 5.74) is -2.40. The first-order chi connectivity index (χ1) is 8.07. The lowest BCUT2D eigenvalue weighted by Crippen LogP contribution is -2.45. The Hall–Kier alpha value is -0.240. The van der Waals surface area contributed by atoms with Crippen LogP contribution >= 0.6 is 0 Å². The molecule has 106 valence electrons. The van der Waals surface area contributed by atoms with Crippen LogP contribution in [0.3, 0.4) is 0 Å². The number of aliphatic hydroxyl groups is 6. The van der Waals surface area contributed by atoms with Crippen LogP contribution in [0.2, 0.25) is 0 Å². The second-order valence-corrected chi connectivity index (χ2v) is 4.13. The molecule has 0 bridgehead atoms. The van der Waals surface area contributed by atoms with Crippen molar-refractivity contribution in [1.82, 2.24) is 0 Å². The zero-order chi connectivity index (χ0) is 13.9. The molecule has 0 aromatic carbocycles. The summed E-state index contributed by atoms with van der Waals surface area (Å²) in [5, 5.41) is 54.4. The third-order valence-electron chi connectivity index (χ3n) is 2.76. The van der Waals surface area contributed by atoms with Gasteiger partial charge in [0.25, 0.3) is 0 Å². The van der Waals surface area contributed by atoms with E-state index in [1.165, 1.54) is 0 Å². The smallest absolute Gasteiger partial charge is 0.0531 e. The SMILES string of the molecule is CC.OCC(CO)(CO)CC(CO)(CO)CO. The van der Waals surface area contributed by atoms with E-state index in [-0.39, 0.29) is 6.42 Å². The Labute approximate surface area is 102 Å². The molecule has 6 nitrogen and oxygen atoms in total. The summed E-state index contributed by atoms with van der Waals surface area (Å²) in [5.74, 6) is 0. The van der Waals surface area contributed by atoms with Crippen molar-refractivity contribution in [1.29, 1.82) is 0 Å². The van der Waals surface area contributed by atoms with Gasteiger partial charge in [-0.25, -0.2) is 0 Å². The van der Waals surface area contributed by atoms with Crippen molar-refractivity contribution < 1.29 is 30.6 Å². The van der Waals surface area contributed by atoms with Gasteiger partial charge in [-0.05, 0) is 6.42 Å². The molecule has 0 fully saturated rings. The molecular formula is C11H26O6. The summed E-state index contributed by atoms with van der Waals surface area (Å²) in [6, 6.07) is 0. The van der Waals surface area contributed by atoms with E-state index in [1.807, 2.05) is 13.8 Å². The highest BCUT2D eigenvalue weighted by atomic mass is 16.3. The molecule has 0 unspecified atom stereocenters. The van der Waals surface area contributed by atoms with Gasteiger partial charge in [-0.2, -0.15) is 0 Å². The lowest BCUT2D eigenvalue weighted by molar-refractivity contribution is -0.0783. The molecule has 17 heavy (non-hydrogen) atoms. The Morgan fingerprint density at radius 3 is 0.824 bits per heavy atom. The Kier molecular flexibility index (Phi) is 11.0. The van der Waals surface area contributed by atoms with Gasteiger partial charge in [0.05, 0.1) is 39.6 Å². The first-order valence-corrected chi connectivity index (χ1v) is 5.73. The van der Waals surface area contributed by atoms with Crippen molar-refractivity contribution in [3.05, 3.63) is 0 Å². The normalized spacial score (nSPS) is 12.0. The Balaban J connectivity index is 0. The zero-order valence-electron chi connectivity index (χ0n) is 10.6. The zero-order valence-corrected chi connectivity index (χ0v) is 10.6. The van der Waals surface area contributed by atoms with Gasteiger partial charge >= 0.3 is 0 Å². The Morgan fingerprint density at radius 2 is 0.706 bits per heavy atom. The van der Waals surface area contributed by atoms with Crippen LogP contribution < -0.4 is 0 Å². The van der Waals surface area contributed by atoms with Gasteiger partial charge in [-0.3, -0.25) is 0 Å². The maximum atomic E-state index is 9.06. The first-order valence-electron chi connectivity index (χ1n) is 5.73. The van der Waals surface area contributed by atoms with Crippen LogP contribution in [0.25, 0.3) is 0 Å². The molecule has 0 aliphatic carbocycles. The monoisotopic (exact) mass is 254 g/mol. The lowest BCUT2D eigenvalue weighted by Gasteiger charge is -2.37. The summed E-state index contributed by atoms with van der Waals surface area (Å²) in [4.78, 5) is 0. The maximum Gasteiger partial charge on any atom is 0.0531 e. The predicted octanol–water partition coefficient (Wildman–Crippen LogP) is -1.67. The van der Waals surface area contributed by atoms with Gasteiger partial charge in [0.2, 0.25) is 0 Å². The third-order valence-corrected chi connectivity index (χ3v) is 2.76. The molecule has 0 aromatic rings. The van der Waals surface area contributed by atoms with Gasteiger partial charge < -0.3 is 30.6 Å². The minimum absolute atomic E-state index is 0.0625. The highest BCUT2D eigenvalue weighted by Crippen LogP contribution is 2.33. The van der Waals surface area contributed by atoms with Crippen LogP contribution in [0.5, 0.6) is 0 Å². The molecule has 0 amide bonds. The molecule has 0 rings (SSSR count). The number of rotatable bonds is 8. The van der Waals surface area contributed by atoms with Gasteiger partial charge in [-0.15, -0.1) is 0 Å². The average molecular weight is 254 g/mol. The van der Waals surface area contributed by atoms with Gasteiger partial charge in [0, 0.05) is 10.8 Å². The largest absolute Gasteiger partial charge is 0.396 e. The molecule has 0 aliphatic heterocycles. The fourth-order valence-corrected chi connectivity index (χ4v) is 1.43. The maximum absolute atomic E-state index is 9.06. The summed E-state index contributed by atoms with van der Waals surface area (Å²) >= 11 is 0. The van der Waals surface area contributed by atoms with E-state index in [1.54, 1.807) is 0 Å². The quantitative estimate of drug-likeness (QED) is 0.308. The summed E-state index contributed by atoms with van der Waals surface area (Å²) in [7, 11) is 0. The van der Waals surface area contributed by atoms with Gasteiger partial charge in [0.1, 0.15) is 0 Å². The molecule has 0 radical (unpaired) electrons. The van der Waals surface area contributed by atoms with Crippen LogP contribution in [0, 0.1) is 10.8 Å². The fourth-order valence-electron chi connectivity index (χ4n) is 1.43. The van der Waals surface area contributed by atoms with Crippen molar-refractivity contribution in [3.63, 3.8) is 0 Å². The average Bonchev–Trinajstić information content (AvgIpc) is 2.44. The van der Waals surface area contributed by atoms with Crippen molar-refractivity contribution in [3.8, 4) is 0 Å². The fraction of sp³-hybridized carbons (Fsp3) is 1.00. The van der Waals surface area contributed by atoms with Crippen molar-refractivity contribution in [2.24, 2.45) is 10.8 Å². The van der Waals surface area contributed by atoms with Crippen molar-refractivity contribution in [2.75, 3.05) is 39.6 Å². The van der Waals surface area contributed by atoms with Crippen molar-refractivity contribution >= 4 is 0 Å². The van der Waals surface area contributed by atoms with Crippen LogP contribution in [0.4, 0.5) is 0 Å². The Bertz CT molecular complexity index is 131. The number of aliphatic hydroxyl groups excluding tert-OH is 6. The topological polar surface area (TPSA) is 121 Å². The molecule has 6 N–H and O–H groups in total. The summed E-state index contributed by atoms with van der Waals surface area (Å²) in [6.45, 7) is 1.09. The molecule has 0 heterocycles. The minimum Gasteiger partial charge on any atom is -0.396 e. The van der Waals surface area contributed by atoms with Crippen LogP contribution in [-0.2, 0) is 0 Å². The number of hydrogen-bond donors (Lipinski definition) is 6. The Morgan fingerprint density at radius 1 is 0.529 bits per heavy atom. The van der Waals surface area contributed by atoms with E-state index in [0.717, 1.165) is 0 Å². The van der Waals surface area contributed by atoms with Crippen LogP contribution in [-0.4, -0.2) is 70.3 Å². The summed E-state index contributed by atoms with van der Waals surface area (Å²) < 4.78 is 0. The van der Waals surface area contributed by atoms with Crippen molar-refractivity contribution in [2.45, 2.75) is 20.3 Å². The first kappa shape index (κ1) is 19.1. The molecule has 0 atom stereocenters. The number of hydrogen-bond acceptors (Lipinski definition) is 6. The lowest BCUT2D eigenvalue weighted by atomic mass is 9.73. The second-order valence-electron chi connectivity index (χ2n) is 4.13. The van der Waals surface area contributed by atoms with Gasteiger partial charge in [0.15, 0.2) is 0 Å². The van der Waals surface area contributed by atoms with E-state index >= 15 is 0 Å². The molecule has 0 spiro atoms. The van der Waals surface area contributed by atoms with E-state index in [2.05, 4.69) is 0 Å². The predicted molar refractivity (Wildman–Crippen MR) is 63.3 cm³/mol. The molecule has 0 saturated heterocycles. The highest BCUT2D eigenvalue weighted by molar-refractivity contribution is 4.88. The van der Waals surface area contributed by atoms with Gasteiger partial charge in [-0.1, -0.05) is 13.8 Å². The molecular weight excluding hydrogens is 228 g/mol. The van der Waals surface area contributed by atoms with E-state index < -0.39 is 50.5 Å². The molecule has 0 saturated carbocycles.